The maximum absolute atomic E-state index is 12.4. The minimum atomic E-state index is -0.0503. The van der Waals surface area contributed by atoms with Crippen molar-refractivity contribution in [3.05, 3.63) is 51.3 Å². The van der Waals surface area contributed by atoms with Crippen molar-refractivity contribution in [2.75, 3.05) is 6.54 Å². The number of fused-ring (bicyclic) bond motifs is 1. The molecule has 1 aromatic heterocycles. The molecule has 2 aromatic rings. The molecule has 6 heteroatoms. The predicted molar refractivity (Wildman–Crippen MR) is 85.9 cm³/mol. The van der Waals surface area contributed by atoms with E-state index in [-0.39, 0.29) is 6.03 Å². The zero-order valence-corrected chi connectivity index (χ0v) is 13.5. The molecule has 1 aliphatic heterocycles. The molecule has 0 atom stereocenters. The number of hydrogen-bond donors (Lipinski definition) is 2. The van der Waals surface area contributed by atoms with Gasteiger partial charge in [-0.2, -0.15) is 5.10 Å². The molecule has 2 N–H and O–H groups in total. The summed E-state index contributed by atoms with van der Waals surface area (Å²) in [6.07, 6.45) is 0.865. The van der Waals surface area contributed by atoms with Crippen LogP contribution in [0.15, 0.2) is 18.2 Å². The molecule has 2 heterocycles. The van der Waals surface area contributed by atoms with Gasteiger partial charge in [-0.15, -0.1) is 0 Å². The first-order chi connectivity index (χ1) is 10.5. The highest BCUT2D eigenvalue weighted by Gasteiger charge is 2.21. The molecule has 22 heavy (non-hydrogen) atoms. The first-order valence-electron chi connectivity index (χ1n) is 7.35. The van der Waals surface area contributed by atoms with Crippen LogP contribution < -0.4 is 5.32 Å². The molecule has 1 aromatic carbocycles. The lowest BCUT2D eigenvalue weighted by atomic mass is 10.0. The minimum Gasteiger partial charge on any atom is -0.334 e. The Morgan fingerprint density at radius 1 is 1.41 bits per heavy atom. The van der Waals surface area contributed by atoms with Gasteiger partial charge in [0.2, 0.25) is 0 Å². The van der Waals surface area contributed by atoms with Gasteiger partial charge in [0.1, 0.15) is 0 Å². The third-order valence-corrected chi connectivity index (χ3v) is 4.40. The number of halogens is 1. The molecule has 1 aliphatic rings. The number of hydrogen-bond acceptors (Lipinski definition) is 2. The second-order valence-electron chi connectivity index (χ2n) is 5.66. The SMILES string of the molecule is Cc1n[nH]c(C)c1CNC(=O)N1CCc2ccc(Cl)cc2C1. The Morgan fingerprint density at radius 3 is 2.95 bits per heavy atom. The first-order valence-corrected chi connectivity index (χ1v) is 7.73. The van der Waals surface area contributed by atoms with E-state index in [4.69, 9.17) is 11.6 Å². The van der Waals surface area contributed by atoms with Crippen molar-refractivity contribution in [3.63, 3.8) is 0 Å². The Bertz CT molecular complexity index is 691. The third kappa shape index (κ3) is 2.95. The van der Waals surface area contributed by atoms with Crippen LogP contribution in [-0.2, 0) is 19.5 Å². The van der Waals surface area contributed by atoms with Crippen LogP contribution in [0.2, 0.25) is 5.02 Å². The number of nitrogens with zero attached hydrogens (tertiary/aromatic N) is 2. The van der Waals surface area contributed by atoms with E-state index in [1.54, 1.807) is 0 Å². The summed E-state index contributed by atoms with van der Waals surface area (Å²) < 4.78 is 0. The van der Waals surface area contributed by atoms with Crippen LogP contribution in [-0.4, -0.2) is 27.7 Å². The molecule has 116 valence electrons. The van der Waals surface area contributed by atoms with E-state index in [0.29, 0.717) is 18.1 Å². The number of urea groups is 1. The molecule has 3 rings (SSSR count). The zero-order valence-electron chi connectivity index (χ0n) is 12.7. The highest BCUT2D eigenvalue weighted by molar-refractivity contribution is 6.30. The number of aromatic amines is 1. The molecule has 5 nitrogen and oxygen atoms in total. The fraction of sp³-hybridized carbons (Fsp3) is 0.375. The van der Waals surface area contributed by atoms with Gasteiger partial charge in [-0.05, 0) is 43.5 Å². The molecular formula is C16H19ClN4O. The van der Waals surface area contributed by atoms with Crippen LogP contribution in [0.4, 0.5) is 4.79 Å². The first kappa shape index (κ1) is 14.9. The van der Waals surface area contributed by atoms with E-state index in [1.165, 1.54) is 5.56 Å². The maximum atomic E-state index is 12.4. The largest absolute Gasteiger partial charge is 0.334 e. The lowest BCUT2D eigenvalue weighted by Crippen LogP contribution is -2.42. The van der Waals surface area contributed by atoms with Crippen molar-refractivity contribution < 1.29 is 4.79 Å². The van der Waals surface area contributed by atoms with E-state index >= 15 is 0 Å². The lowest BCUT2D eigenvalue weighted by Gasteiger charge is -2.29. The fourth-order valence-corrected chi connectivity index (χ4v) is 3.00. The molecule has 0 radical (unpaired) electrons. The van der Waals surface area contributed by atoms with E-state index in [9.17, 15) is 4.79 Å². The lowest BCUT2D eigenvalue weighted by molar-refractivity contribution is 0.192. The molecule has 0 spiro atoms. The topological polar surface area (TPSA) is 61.0 Å². The number of H-pyrrole nitrogens is 1. The fourth-order valence-electron chi connectivity index (χ4n) is 2.81. The van der Waals surface area contributed by atoms with Gasteiger partial charge in [0, 0.05) is 35.9 Å². The molecule has 0 saturated heterocycles. The Morgan fingerprint density at radius 2 is 2.23 bits per heavy atom. The molecule has 0 aliphatic carbocycles. The molecule has 0 bridgehead atoms. The summed E-state index contributed by atoms with van der Waals surface area (Å²) in [6.45, 7) is 5.71. The predicted octanol–water partition coefficient (Wildman–Crippen LogP) is 2.95. The number of carbonyl (C=O) groups excluding carboxylic acids is 1. The summed E-state index contributed by atoms with van der Waals surface area (Å²) in [4.78, 5) is 14.2. The van der Waals surface area contributed by atoms with Gasteiger partial charge in [-0.3, -0.25) is 5.10 Å². The number of amides is 2. The standard InChI is InChI=1S/C16H19ClN4O/c1-10-15(11(2)20-19-10)8-18-16(22)21-6-5-12-3-4-14(17)7-13(12)9-21/h3-4,7H,5-6,8-9H2,1-2H3,(H,18,22)(H,19,20). The van der Waals surface area contributed by atoms with Crippen LogP contribution in [0, 0.1) is 13.8 Å². The number of carbonyl (C=O) groups is 1. The van der Waals surface area contributed by atoms with E-state index in [2.05, 4.69) is 15.5 Å². The van der Waals surface area contributed by atoms with Gasteiger partial charge in [-0.25, -0.2) is 4.79 Å². The molecule has 0 saturated carbocycles. The quantitative estimate of drug-likeness (QED) is 0.894. The van der Waals surface area contributed by atoms with E-state index < -0.39 is 0 Å². The van der Waals surface area contributed by atoms with Crippen LogP contribution >= 0.6 is 11.6 Å². The highest BCUT2D eigenvalue weighted by Crippen LogP contribution is 2.22. The van der Waals surface area contributed by atoms with Crippen LogP contribution in [0.25, 0.3) is 0 Å². The number of nitrogens with one attached hydrogen (secondary N) is 2. The number of benzene rings is 1. The normalized spacial score (nSPS) is 13.9. The van der Waals surface area contributed by atoms with Crippen molar-refractivity contribution in [2.45, 2.75) is 33.4 Å². The Hall–Kier alpha value is -2.01. The summed E-state index contributed by atoms with van der Waals surface area (Å²) in [6, 6.07) is 5.84. The Labute approximate surface area is 134 Å². The molecule has 0 fully saturated rings. The number of rotatable bonds is 2. The monoisotopic (exact) mass is 318 g/mol. The van der Waals surface area contributed by atoms with Crippen molar-refractivity contribution in [1.82, 2.24) is 20.4 Å². The Balaban J connectivity index is 1.64. The van der Waals surface area contributed by atoms with E-state index in [1.807, 2.05) is 36.9 Å². The van der Waals surface area contributed by atoms with Gasteiger partial charge >= 0.3 is 6.03 Å². The van der Waals surface area contributed by atoms with Gasteiger partial charge < -0.3 is 10.2 Å². The number of aromatic nitrogens is 2. The smallest absolute Gasteiger partial charge is 0.317 e. The maximum Gasteiger partial charge on any atom is 0.317 e. The van der Waals surface area contributed by atoms with Crippen LogP contribution in [0.1, 0.15) is 28.1 Å². The van der Waals surface area contributed by atoms with Gasteiger partial charge in [0.05, 0.1) is 5.69 Å². The van der Waals surface area contributed by atoms with Crippen molar-refractivity contribution in [3.8, 4) is 0 Å². The summed E-state index contributed by atoms with van der Waals surface area (Å²) in [7, 11) is 0. The summed E-state index contributed by atoms with van der Waals surface area (Å²) in [5.41, 5.74) is 5.37. The zero-order chi connectivity index (χ0) is 15.7. The van der Waals surface area contributed by atoms with Gasteiger partial charge in [0.15, 0.2) is 0 Å². The van der Waals surface area contributed by atoms with Crippen molar-refractivity contribution in [2.24, 2.45) is 0 Å². The average Bonchev–Trinajstić information content (AvgIpc) is 2.83. The summed E-state index contributed by atoms with van der Waals surface area (Å²) >= 11 is 6.04. The van der Waals surface area contributed by atoms with Crippen LogP contribution in [0.5, 0.6) is 0 Å². The van der Waals surface area contributed by atoms with Gasteiger partial charge in [0.25, 0.3) is 0 Å². The minimum absolute atomic E-state index is 0.0503. The van der Waals surface area contributed by atoms with Crippen molar-refractivity contribution in [1.29, 1.82) is 0 Å². The summed E-state index contributed by atoms with van der Waals surface area (Å²) in [5, 5.41) is 10.8. The van der Waals surface area contributed by atoms with Crippen molar-refractivity contribution >= 4 is 17.6 Å². The highest BCUT2D eigenvalue weighted by atomic mass is 35.5. The second kappa shape index (κ2) is 6.01. The Kier molecular flexibility index (Phi) is 4.07. The molecular weight excluding hydrogens is 300 g/mol. The van der Waals surface area contributed by atoms with Gasteiger partial charge in [-0.1, -0.05) is 17.7 Å². The average molecular weight is 319 g/mol. The second-order valence-corrected chi connectivity index (χ2v) is 6.09. The molecule has 2 amide bonds. The summed E-state index contributed by atoms with van der Waals surface area (Å²) in [5.74, 6) is 0. The number of aryl methyl sites for hydroxylation is 2. The molecule has 0 unspecified atom stereocenters. The van der Waals surface area contributed by atoms with Crippen LogP contribution in [0.3, 0.4) is 0 Å². The third-order valence-electron chi connectivity index (χ3n) is 4.16. The van der Waals surface area contributed by atoms with E-state index in [0.717, 1.165) is 35.5 Å².